The first-order valence-corrected chi connectivity index (χ1v) is 10.1. The predicted octanol–water partition coefficient (Wildman–Crippen LogP) is 1.43. The molecule has 0 aliphatic carbocycles. The summed E-state index contributed by atoms with van der Waals surface area (Å²) in [6.45, 7) is 1.54. The molecule has 0 saturated carbocycles. The summed E-state index contributed by atoms with van der Waals surface area (Å²) in [5.41, 5.74) is 1.14. The van der Waals surface area contributed by atoms with Gasteiger partial charge in [0.25, 0.3) is 0 Å². The van der Waals surface area contributed by atoms with E-state index in [9.17, 15) is 24.6 Å². The lowest BCUT2D eigenvalue weighted by Gasteiger charge is -2.44. The molecule has 152 valence electrons. The number of carbonyl (C=O) groups excluding carboxylic acids is 2. The number of pyridine rings is 1. The smallest absolute Gasteiger partial charge is 0.352 e. The summed E-state index contributed by atoms with van der Waals surface area (Å²) < 4.78 is 1.68. The molecule has 5 rings (SSSR count). The van der Waals surface area contributed by atoms with Gasteiger partial charge in [0.2, 0.25) is 11.7 Å². The van der Waals surface area contributed by atoms with Crippen LogP contribution >= 0.6 is 11.3 Å². The highest BCUT2D eigenvalue weighted by Gasteiger charge is 2.57. The molecule has 2 aliphatic rings. The number of rotatable bonds is 5. The van der Waals surface area contributed by atoms with Gasteiger partial charge in [0, 0.05) is 29.7 Å². The fourth-order valence-corrected chi connectivity index (χ4v) is 5.34. The minimum absolute atomic E-state index is 0.0560. The Hall–Kier alpha value is -3.37. The Balaban J connectivity index is 1.56. The maximum atomic E-state index is 12.8. The molecule has 30 heavy (non-hydrogen) atoms. The second kappa shape index (κ2) is 6.57. The van der Waals surface area contributed by atoms with Crippen LogP contribution in [0.4, 0.5) is 0 Å². The van der Waals surface area contributed by atoms with Crippen LogP contribution in [0, 0.1) is 5.92 Å². The summed E-state index contributed by atoms with van der Waals surface area (Å²) in [6.07, 6.45) is 5.77. The van der Waals surface area contributed by atoms with Crippen molar-refractivity contribution in [3.8, 4) is 0 Å². The summed E-state index contributed by atoms with van der Waals surface area (Å²) in [5.74, 6) is -2.44. The number of imidazole rings is 1. The van der Waals surface area contributed by atoms with E-state index < -0.39 is 18.0 Å². The van der Waals surface area contributed by atoms with Crippen molar-refractivity contribution >= 4 is 39.4 Å². The molecule has 1 fully saturated rings. The number of aliphatic carboxylic acids is 1. The van der Waals surface area contributed by atoms with Crippen LogP contribution in [0.1, 0.15) is 34.3 Å². The Morgan fingerprint density at radius 3 is 2.83 bits per heavy atom. The first-order valence-electron chi connectivity index (χ1n) is 9.27. The predicted molar refractivity (Wildman–Crippen MR) is 106 cm³/mol. The zero-order chi connectivity index (χ0) is 21.2. The molecular formula is C20H16N4O5S. The number of aromatic nitrogens is 3. The van der Waals surface area contributed by atoms with Crippen LogP contribution in [0.3, 0.4) is 0 Å². The lowest BCUT2D eigenvalue weighted by Crippen LogP contribution is -2.61. The standard InChI is InChI=1S/C20H16N4O5S/c1-9(25)14-12-5-11(16(20(28)29)24(12)18(14)27)13-7-23-8-22-15(19(23)30-13)17(26)10-3-2-4-21-6-10/h2-4,6-9,12,14,25H,5H2,1H3,(H,28,29)/t9-,12-,14-/m1/s1. The molecule has 0 bridgehead atoms. The molecular weight excluding hydrogens is 408 g/mol. The van der Waals surface area contributed by atoms with Crippen LogP contribution in [0.25, 0.3) is 10.4 Å². The fourth-order valence-electron chi connectivity index (χ4n) is 4.22. The van der Waals surface area contributed by atoms with E-state index in [-0.39, 0.29) is 29.1 Å². The summed E-state index contributed by atoms with van der Waals surface area (Å²) in [6, 6.07) is 2.96. The van der Waals surface area contributed by atoms with Gasteiger partial charge in [0.05, 0.1) is 22.9 Å². The number of aliphatic hydroxyl groups excluding tert-OH is 1. The van der Waals surface area contributed by atoms with E-state index in [1.165, 1.54) is 35.7 Å². The van der Waals surface area contributed by atoms with Gasteiger partial charge in [-0.05, 0) is 25.5 Å². The molecule has 5 heterocycles. The number of carbonyl (C=O) groups is 3. The minimum Gasteiger partial charge on any atom is -0.477 e. The van der Waals surface area contributed by atoms with Gasteiger partial charge in [-0.1, -0.05) is 0 Å². The van der Waals surface area contributed by atoms with Crippen LogP contribution < -0.4 is 0 Å². The van der Waals surface area contributed by atoms with Gasteiger partial charge in [0.1, 0.15) is 22.5 Å². The number of hydrogen-bond acceptors (Lipinski definition) is 7. The number of aliphatic hydroxyl groups is 1. The average molecular weight is 424 g/mol. The molecule has 1 saturated heterocycles. The Morgan fingerprint density at radius 1 is 1.37 bits per heavy atom. The SMILES string of the molecule is C[C@@H](O)[C@H]1C(=O)N2C(C(=O)O)=C(c3cn4cnc(C(=O)c5cccnc5)c4s3)C[C@H]12. The van der Waals surface area contributed by atoms with Crippen LogP contribution in [0.15, 0.2) is 42.7 Å². The monoisotopic (exact) mass is 424 g/mol. The van der Waals surface area contributed by atoms with Gasteiger partial charge >= 0.3 is 5.97 Å². The molecule has 3 atom stereocenters. The van der Waals surface area contributed by atoms with Gasteiger partial charge in [-0.2, -0.15) is 0 Å². The highest BCUT2D eigenvalue weighted by atomic mass is 32.1. The Labute approximate surface area is 173 Å². The molecule has 0 spiro atoms. The van der Waals surface area contributed by atoms with E-state index in [0.717, 1.165) is 0 Å². The Bertz CT molecular complexity index is 1240. The molecule has 10 heteroatoms. The summed E-state index contributed by atoms with van der Waals surface area (Å²) in [5, 5.41) is 19.6. The van der Waals surface area contributed by atoms with Crippen LogP contribution in [0.5, 0.6) is 0 Å². The summed E-state index contributed by atoms with van der Waals surface area (Å²) in [4.78, 5) is 47.8. The largest absolute Gasteiger partial charge is 0.477 e. The molecule has 0 aromatic carbocycles. The van der Waals surface area contributed by atoms with Gasteiger partial charge in [-0.15, -0.1) is 11.3 Å². The fraction of sp³-hybridized carbons (Fsp3) is 0.250. The molecule has 3 aromatic rings. The second-order valence-corrected chi connectivity index (χ2v) is 8.38. The van der Waals surface area contributed by atoms with Crippen molar-refractivity contribution in [1.82, 2.24) is 19.3 Å². The van der Waals surface area contributed by atoms with Crippen molar-refractivity contribution in [2.75, 3.05) is 0 Å². The molecule has 3 aromatic heterocycles. The van der Waals surface area contributed by atoms with Crippen molar-refractivity contribution in [1.29, 1.82) is 0 Å². The van der Waals surface area contributed by atoms with E-state index in [4.69, 9.17) is 0 Å². The van der Waals surface area contributed by atoms with Gasteiger partial charge in [0.15, 0.2) is 0 Å². The highest BCUT2D eigenvalue weighted by Crippen LogP contribution is 2.48. The topological polar surface area (TPSA) is 125 Å². The first-order chi connectivity index (χ1) is 14.4. The average Bonchev–Trinajstić information content (AvgIpc) is 3.38. The lowest BCUT2D eigenvalue weighted by atomic mass is 9.83. The summed E-state index contributed by atoms with van der Waals surface area (Å²) in [7, 11) is 0. The minimum atomic E-state index is -1.19. The molecule has 0 unspecified atom stereocenters. The second-order valence-electron chi connectivity index (χ2n) is 7.35. The molecule has 2 N–H and O–H groups in total. The van der Waals surface area contributed by atoms with Gasteiger partial charge in [-0.3, -0.25) is 19.0 Å². The lowest BCUT2D eigenvalue weighted by molar-refractivity contribution is -0.161. The van der Waals surface area contributed by atoms with E-state index in [2.05, 4.69) is 9.97 Å². The quantitative estimate of drug-likeness (QED) is 0.469. The number of amides is 1. The van der Waals surface area contributed by atoms with Crippen LogP contribution in [-0.2, 0) is 9.59 Å². The Morgan fingerprint density at radius 2 is 2.17 bits per heavy atom. The maximum absolute atomic E-state index is 12.8. The first kappa shape index (κ1) is 18.6. The number of hydrogen-bond donors (Lipinski definition) is 2. The van der Waals surface area contributed by atoms with Crippen molar-refractivity contribution in [2.24, 2.45) is 5.92 Å². The number of β-lactam (4-membered cyclic amide) rings is 1. The number of carboxylic acids is 1. The van der Waals surface area contributed by atoms with Crippen LogP contribution in [0.2, 0.25) is 0 Å². The molecule has 9 nitrogen and oxygen atoms in total. The third-order valence-electron chi connectivity index (χ3n) is 5.58. The van der Waals surface area contributed by atoms with Crippen molar-refractivity contribution in [3.05, 3.63) is 58.9 Å². The van der Waals surface area contributed by atoms with E-state index in [1.807, 2.05) is 0 Å². The molecule has 1 amide bonds. The number of ketones is 1. The van der Waals surface area contributed by atoms with Gasteiger partial charge < -0.3 is 15.1 Å². The van der Waals surface area contributed by atoms with E-state index in [0.29, 0.717) is 27.3 Å². The number of fused-ring (bicyclic) bond motifs is 2. The zero-order valence-corrected chi connectivity index (χ0v) is 16.5. The third kappa shape index (κ3) is 2.54. The number of nitrogens with zero attached hydrogens (tertiary/aromatic N) is 4. The molecule has 0 radical (unpaired) electrons. The Kier molecular flexibility index (Phi) is 4.09. The summed E-state index contributed by atoms with van der Waals surface area (Å²) >= 11 is 1.25. The highest BCUT2D eigenvalue weighted by molar-refractivity contribution is 7.18. The van der Waals surface area contributed by atoms with Crippen molar-refractivity contribution < 1.29 is 24.6 Å². The van der Waals surface area contributed by atoms with Gasteiger partial charge in [-0.25, -0.2) is 9.78 Å². The maximum Gasteiger partial charge on any atom is 0.352 e. The normalized spacial score (nSPS) is 21.7. The molecule has 2 aliphatic heterocycles. The number of thiazole rings is 1. The zero-order valence-electron chi connectivity index (χ0n) is 15.7. The van der Waals surface area contributed by atoms with E-state index in [1.54, 1.807) is 28.9 Å². The van der Waals surface area contributed by atoms with Crippen LogP contribution in [-0.4, -0.2) is 59.3 Å². The van der Waals surface area contributed by atoms with Crippen molar-refractivity contribution in [3.63, 3.8) is 0 Å². The van der Waals surface area contributed by atoms with Crippen molar-refractivity contribution in [2.45, 2.75) is 25.5 Å². The third-order valence-corrected chi connectivity index (χ3v) is 6.75. The number of carboxylic acid groups (broad SMARTS) is 1. The van der Waals surface area contributed by atoms with E-state index >= 15 is 0 Å².